The van der Waals surface area contributed by atoms with Gasteiger partial charge in [0.15, 0.2) is 0 Å². The number of aromatic nitrogens is 4. The summed E-state index contributed by atoms with van der Waals surface area (Å²) < 4.78 is 5.07. The van der Waals surface area contributed by atoms with Gasteiger partial charge in [0.2, 0.25) is 6.39 Å². The maximum absolute atomic E-state index is 6.01. The Hall–Kier alpha value is -2.34. The normalized spacial score (nSPS) is 10.7. The molecule has 90 valence electrons. The molecular formula is C11H8ClN5O. The third-order valence-electron chi connectivity index (χ3n) is 2.50. The molecule has 0 aliphatic carbocycles. The van der Waals surface area contributed by atoms with E-state index in [0.717, 1.165) is 5.56 Å². The third kappa shape index (κ3) is 1.72. The van der Waals surface area contributed by atoms with Gasteiger partial charge in [0.1, 0.15) is 11.4 Å². The van der Waals surface area contributed by atoms with Crippen LogP contribution in [-0.4, -0.2) is 20.4 Å². The molecule has 7 heteroatoms. The summed E-state index contributed by atoms with van der Waals surface area (Å²) in [6, 6.07) is 7.23. The Balaban J connectivity index is 2.07. The number of nitrogens with zero attached hydrogens (tertiary/aromatic N) is 3. The lowest BCUT2D eigenvalue weighted by Gasteiger charge is -1.98. The number of anilines is 1. The largest absolute Gasteiger partial charge is 0.422 e. The van der Waals surface area contributed by atoms with Crippen molar-refractivity contribution in [2.75, 3.05) is 5.73 Å². The van der Waals surface area contributed by atoms with E-state index in [0.29, 0.717) is 28.0 Å². The molecule has 6 nitrogen and oxygen atoms in total. The molecule has 0 atom stereocenters. The van der Waals surface area contributed by atoms with Gasteiger partial charge < -0.3 is 10.2 Å². The second kappa shape index (κ2) is 4.15. The number of hydrogen-bond donors (Lipinski definition) is 2. The summed E-state index contributed by atoms with van der Waals surface area (Å²) in [4.78, 5) is 0. The van der Waals surface area contributed by atoms with Crippen LogP contribution >= 0.6 is 11.6 Å². The minimum absolute atomic E-state index is 0.306. The molecule has 0 radical (unpaired) electrons. The Morgan fingerprint density at radius 1 is 1.22 bits per heavy atom. The van der Waals surface area contributed by atoms with E-state index in [4.69, 9.17) is 21.8 Å². The molecule has 3 rings (SSSR count). The minimum atomic E-state index is 0.306. The average molecular weight is 262 g/mol. The molecule has 0 bridgehead atoms. The smallest absolute Gasteiger partial charge is 0.267 e. The first-order valence-corrected chi connectivity index (χ1v) is 5.50. The topological polar surface area (TPSA) is 93.6 Å². The van der Waals surface area contributed by atoms with Gasteiger partial charge >= 0.3 is 0 Å². The van der Waals surface area contributed by atoms with Gasteiger partial charge in [-0.15, -0.1) is 10.2 Å². The molecule has 0 saturated heterocycles. The van der Waals surface area contributed by atoms with E-state index in [1.165, 1.54) is 6.39 Å². The van der Waals surface area contributed by atoms with E-state index in [9.17, 15) is 0 Å². The van der Waals surface area contributed by atoms with Gasteiger partial charge in [-0.05, 0) is 12.1 Å². The highest BCUT2D eigenvalue weighted by Gasteiger charge is 2.16. The van der Waals surface area contributed by atoms with Crippen LogP contribution in [0.5, 0.6) is 0 Å². The van der Waals surface area contributed by atoms with Crippen LogP contribution in [0.3, 0.4) is 0 Å². The SMILES string of the molecule is Nc1c(-c2ccc(Cl)cc2)n[nH]c1-c1nnco1. The first-order valence-electron chi connectivity index (χ1n) is 5.12. The van der Waals surface area contributed by atoms with Gasteiger partial charge in [0.25, 0.3) is 5.89 Å². The van der Waals surface area contributed by atoms with Crippen LogP contribution < -0.4 is 5.73 Å². The maximum Gasteiger partial charge on any atom is 0.267 e. The molecule has 2 aromatic heterocycles. The van der Waals surface area contributed by atoms with Gasteiger partial charge in [-0.3, -0.25) is 5.10 Å². The van der Waals surface area contributed by atoms with Crippen molar-refractivity contribution in [3.8, 4) is 22.8 Å². The Labute approximate surface area is 107 Å². The third-order valence-corrected chi connectivity index (χ3v) is 2.75. The lowest BCUT2D eigenvalue weighted by molar-refractivity contribution is 0.566. The number of H-pyrrole nitrogens is 1. The van der Waals surface area contributed by atoms with Gasteiger partial charge in [-0.1, -0.05) is 23.7 Å². The maximum atomic E-state index is 6.01. The number of aromatic amines is 1. The number of rotatable bonds is 2. The van der Waals surface area contributed by atoms with Crippen molar-refractivity contribution in [2.24, 2.45) is 0 Å². The quantitative estimate of drug-likeness (QED) is 0.738. The monoisotopic (exact) mass is 261 g/mol. The van der Waals surface area contributed by atoms with Crippen LogP contribution in [0.4, 0.5) is 5.69 Å². The van der Waals surface area contributed by atoms with Crippen molar-refractivity contribution < 1.29 is 4.42 Å². The molecular weight excluding hydrogens is 254 g/mol. The van der Waals surface area contributed by atoms with E-state index in [-0.39, 0.29) is 0 Å². The first-order chi connectivity index (χ1) is 8.75. The Morgan fingerprint density at radius 3 is 2.67 bits per heavy atom. The summed E-state index contributed by atoms with van der Waals surface area (Å²) in [5, 5.41) is 15.0. The number of benzene rings is 1. The van der Waals surface area contributed by atoms with Crippen LogP contribution in [0.2, 0.25) is 5.02 Å². The molecule has 3 aromatic rings. The average Bonchev–Trinajstić information content (AvgIpc) is 2.99. The van der Waals surface area contributed by atoms with Gasteiger partial charge in [0, 0.05) is 10.6 Å². The van der Waals surface area contributed by atoms with Crippen LogP contribution in [0, 0.1) is 0 Å². The highest BCUT2D eigenvalue weighted by Crippen LogP contribution is 2.31. The van der Waals surface area contributed by atoms with Crippen LogP contribution in [-0.2, 0) is 0 Å². The van der Waals surface area contributed by atoms with E-state index in [2.05, 4.69) is 20.4 Å². The van der Waals surface area contributed by atoms with Gasteiger partial charge in [0.05, 0.1) is 5.69 Å². The number of halogens is 1. The second-order valence-electron chi connectivity index (χ2n) is 3.61. The van der Waals surface area contributed by atoms with E-state index >= 15 is 0 Å². The van der Waals surface area contributed by atoms with Crippen LogP contribution in [0.15, 0.2) is 35.1 Å². The molecule has 1 aromatic carbocycles. The molecule has 0 spiro atoms. The highest BCUT2D eigenvalue weighted by atomic mass is 35.5. The molecule has 0 fully saturated rings. The van der Waals surface area contributed by atoms with Gasteiger partial charge in [-0.2, -0.15) is 5.10 Å². The molecule has 0 unspecified atom stereocenters. The number of nitrogen functional groups attached to an aromatic ring is 1. The van der Waals surface area contributed by atoms with Crippen molar-refractivity contribution >= 4 is 17.3 Å². The zero-order chi connectivity index (χ0) is 12.5. The number of nitrogens with two attached hydrogens (primary N) is 1. The lowest BCUT2D eigenvalue weighted by Crippen LogP contribution is -1.89. The van der Waals surface area contributed by atoms with E-state index in [1.54, 1.807) is 12.1 Å². The molecule has 0 aliphatic rings. The fraction of sp³-hybridized carbons (Fsp3) is 0. The number of hydrogen-bond acceptors (Lipinski definition) is 5. The van der Waals surface area contributed by atoms with Crippen LogP contribution in [0.1, 0.15) is 0 Å². The van der Waals surface area contributed by atoms with E-state index in [1.807, 2.05) is 12.1 Å². The van der Waals surface area contributed by atoms with Crippen molar-refractivity contribution in [1.29, 1.82) is 0 Å². The summed E-state index contributed by atoms with van der Waals surface area (Å²) in [5.41, 5.74) is 8.47. The fourth-order valence-electron chi connectivity index (χ4n) is 1.62. The zero-order valence-corrected chi connectivity index (χ0v) is 9.85. The van der Waals surface area contributed by atoms with Crippen LogP contribution in [0.25, 0.3) is 22.8 Å². The molecule has 2 heterocycles. The summed E-state index contributed by atoms with van der Waals surface area (Å²) in [6.07, 6.45) is 1.23. The molecule has 18 heavy (non-hydrogen) atoms. The first kappa shape index (κ1) is 10.8. The molecule has 0 saturated carbocycles. The van der Waals surface area contributed by atoms with Crippen molar-refractivity contribution in [3.63, 3.8) is 0 Å². The minimum Gasteiger partial charge on any atom is -0.422 e. The fourth-order valence-corrected chi connectivity index (χ4v) is 1.75. The Morgan fingerprint density at radius 2 is 2.00 bits per heavy atom. The second-order valence-corrected chi connectivity index (χ2v) is 4.05. The van der Waals surface area contributed by atoms with Crippen molar-refractivity contribution in [3.05, 3.63) is 35.7 Å². The molecule has 0 amide bonds. The van der Waals surface area contributed by atoms with Gasteiger partial charge in [-0.25, -0.2) is 0 Å². The predicted octanol–water partition coefficient (Wildman–Crippen LogP) is 2.36. The zero-order valence-electron chi connectivity index (χ0n) is 9.09. The Bertz CT molecular complexity index is 659. The van der Waals surface area contributed by atoms with E-state index < -0.39 is 0 Å². The molecule has 3 N–H and O–H groups in total. The van der Waals surface area contributed by atoms with Crippen molar-refractivity contribution in [2.45, 2.75) is 0 Å². The molecule has 0 aliphatic heterocycles. The summed E-state index contributed by atoms with van der Waals surface area (Å²) in [5.74, 6) is 0.306. The predicted molar refractivity (Wildman–Crippen MR) is 66.7 cm³/mol. The lowest BCUT2D eigenvalue weighted by atomic mass is 10.1. The summed E-state index contributed by atoms with van der Waals surface area (Å²) in [6.45, 7) is 0. The summed E-state index contributed by atoms with van der Waals surface area (Å²) in [7, 11) is 0. The van der Waals surface area contributed by atoms with Crippen molar-refractivity contribution in [1.82, 2.24) is 20.4 Å². The standard InChI is InChI=1S/C11H8ClN5O/c12-7-3-1-6(2-4-7)9-8(13)10(16-15-9)11-17-14-5-18-11/h1-5H,13H2,(H,15,16). The summed E-state index contributed by atoms with van der Waals surface area (Å²) >= 11 is 5.83. The Kier molecular flexibility index (Phi) is 2.49. The highest BCUT2D eigenvalue weighted by molar-refractivity contribution is 6.30. The number of nitrogens with one attached hydrogen (secondary N) is 1.